The fourth-order valence-electron chi connectivity index (χ4n) is 1.63. The molecule has 0 amide bonds. The van der Waals surface area contributed by atoms with Gasteiger partial charge in [0.15, 0.2) is 0 Å². The molecule has 80 valence electrons. The van der Waals surface area contributed by atoms with Crippen molar-refractivity contribution in [1.29, 1.82) is 0 Å². The number of nitrogens with zero attached hydrogens (tertiary/aromatic N) is 1. The molecule has 0 N–H and O–H groups in total. The average Bonchev–Trinajstić information content (AvgIpc) is 2.62. The van der Waals surface area contributed by atoms with E-state index in [1.54, 1.807) is 7.11 Å². The van der Waals surface area contributed by atoms with Gasteiger partial charge in [0.25, 0.3) is 0 Å². The number of fused-ring (bicyclic) bond motifs is 1. The Morgan fingerprint density at radius 3 is 2.87 bits per heavy atom. The molecule has 0 radical (unpaired) electrons. The smallest absolute Gasteiger partial charge is 0.128 e. The molecule has 0 fully saturated rings. The first-order valence-corrected chi connectivity index (χ1v) is 4.98. The van der Waals surface area contributed by atoms with E-state index >= 15 is 0 Å². The molecule has 2 rings (SSSR count). The minimum Gasteiger partial charge on any atom is -0.490 e. The van der Waals surface area contributed by atoms with E-state index in [0.717, 1.165) is 11.1 Å². The Morgan fingerprint density at radius 2 is 2.07 bits per heavy atom. The Kier molecular flexibility index (Phi) is 2.92. The fourth-order valence-corrected chi connectivity index (χ4v) is 1.63. The van der Waals surface area contributed by atoms with Gasteiger partial charge in [0.1, 0.15) is 12.4 Å². The molecule has 0 unspecified atom stereocenters. The Morgan fingerprint density at radius 1 is 1.20 bits per heavy atom. The van der Waals surface area contributed by atoms with Crippen molar-refractivity contribution in [3.05, 3.63) is 30.5 Å². The van der Waals surface area contributed by atoms with Crippen molar-refractivity contribution in [2.24, 2.45) is 7.05 Å². The summed E-state index contributed by atoms with van der Waals surface area (Å²) in [7, 11) is 3.70. The van der Waals surface area contributed by atoms with Crippen LogP contribution < -0.4 is 4.74 Å². The molecule has 3 heteroatoms. The Balaban J connectivity index is 2.26. The fraction of sp³-hybridized carbons (Fsp3) is 0.333. The largest absolute Gasteiger partial charge is 0.490 e. The molecule has 3 nitrogen and oxygen atoms in total. The van der Waals surface area contributed by atoms with Crippen LogP contribution in [0.1, 0.15) is 0 Å². The summed E-state index contributed by atoms with van der Waals surface area (Å²) in [6.07, 6.45) is 2.04. The molecule has 1 aromatic carbocycles. The van der Waals surface area contributed by atoms with Gasteiger partial charge in [-0.2, -0.15) is 0 Å². The van der Waals surface area contributed by atoms with Crippen LogP contribution in [-0.4, -0.2) is 24.9 Å². The van der Waals surface area contributed by atoms with E-state index in [9.17, 15) is 0 Å². The van der Waals surface area contributed by atoms with Crippen molar-refractivity contribution in [3.8, 4) is 5.75 Å². The quantitative estimate of drug-likeness (QED) is 0.714. The van der Waals surface area contributed by atoms with E-state index in [1.807, 2.05) is 25.4 Å². The first kappa shape index (κ1) is 10.1. The van der Waals surface area contributed by atoms with Crippen LogP contribution in [0.15, 0.2) is 30.5 Å². The third-order valence-corrected chi connectivity index (χ3v) is 2.43. The standard InChI is InChI=1S/C12H15NO2/c1-13-7-6-10-11(13)4-3-5-12(10)15-9-8-14-2/h3-7H,8-9H2,1-2H3. The van der Waals surface area contributed by atoms with E-state index in [2.05, 4.69) is 16.7 Å². The zero-order valence-corrected chi connectivity index (χ0v) is 9.06. The predicted octanol–water partition coefficient (Wildman–Crippen LogP) is 2.20. The van der Waals surface area contributed by atoms with Crippen LogP contribution in [0, 0.1) is 0 Å². The van der Waals surface area contributed by atoms with E-state index in [1.165, 1.54) is 5.52 Å². The van der Waals surface area contributed by atoms with Gasteiger partial charge in [-0.3, -0.25) is 0 Å². The van der Waals surface area contributed by atoms with E-state index in [-0.39, 0.29) is 0 Å². The lowest BCUT2D eigenvalue weighted by atomic mass is 10.2. The predicted molar refractivity (Wildman–Crippen MR) is 60.3 cm³/mol. The van der Waals surface area contributed by atoms with Crippen LogP contribution in [-0.2, 0) is 11.8 Å². The maximum Gasteiger partial charge on any atom is 0.128 e. The van der Waals surface area contributed by atoms with E-state index in [4.69, 9.17) is 9.47 Å². The highest BCUT2D eigenvalue weighted by molar-refractivity contribution is 5.86. The van der Waals surface area contributed by atoms with Gasteiger partial charge in [-0.25, -0.2) is 0 Å². The highest BCUT2D eigenvalue weighted by atomic mass is 16.5. The SMILES string of the molecule is COCCOc1cccc2c1ccn2C. The number of hydrogen-bond acceptors (Lipinski definition) is 2. The molecule has 0 aliphatic heterocycles. The lowest BCUT2D eigenvalue weighted by molar-refractivity contribution is 0.147. The van der Waals surface area contributed by atoms with Crippen LogP contribution in [0.3, 0.4) is 0 Å². The van der Waals surface area contributed by atoms with E-state index in [0.29, 0.717) is 13.2 Å². The molecule has 0 saturated heterocycles. The van der Waals surface area contributed by atoms with Crippen molar-refractivity contribution in [1.82, 2.24) is 4.57 Å². The van der Waals surface area contributed by atoms with Crippen molar-refractivity contribution >= 4 is 10.9 Å². The molecular weight excluding hydrogens is 190 g/mol. The summed E-state index contributed by atoms with van der Waals surface area (Å²) in [5.41, 5.74) is 1.19. The molecule has 2 aromatic rings. The zero-order valence-electron chi connectivity index (χ0n) is 9.06. The summed E-state index contributed by atoms with van der Waals surface area (Å²) in [6.45, 7) is 1.20. The zero-order chi connectivity index (χ0) is 10.7. The number of aryl methyl sites for hydroxylation is 1. The second-order valence-corrected chi connectivity index (χ2v) is 3.46. The Bertz CT molecular complexity index is 448. The summed E-state index contributed by atoms with van der Waals surface area (Å²) in [5.74, 6) is 0.921. The average molecular weight is 205 g/mol. The summed E-state index contributed by atoms with van der Waals surface area (Å²) < 4.78 is 12.7. The molecule has 1 heterocycles. The second-order valence-electron chi connectivity index (χ2n) is 3.46. The number of methoxy groups -OCH3 is 1. The lowest BCUT2D eigenvalue weighted by Crippen LogP contribution is -2.04. The third kappa shape index (κ3) is 1.97. The molecular formula is C12H15NO2. The monoisotopic (exact) mass is 205 g/mol. The molecule has 0 aliphatic carbocycles. The van der Waals surface area contributed by atoms with Gasteiger partial charge >= 0.3 is 0 Å². The topological polar surface area (TPSA) is 23.4 Å². The molecule has 0 saturated carbocycles. The Labute approximate surface area is 89.2 Å². The van der Waals surface area contributed by atoms with Crippen molar-refractivity contribution < 1.29 is 9.47 Å². The van der Waals surface area contributed by atoms with Crippen molar-refractivity contribution in [3.63, 3.8) is 0 Å². The summed E-state index contributed by atoms with van der Waals surface area (Å²) in [4.78, 5) is 0. The summed E-state index contributed by atoms with van der Waals surface area (Å²) >= 11 is 0. The number of hydrogen-bond donors (Lipinski definition) is 0. The lowest BCUT2D eigenvalue weighted by Gasteiger charge is -2.06. The van der Waals surface area contributed by atoms with Gasteiger partial charge in [0.05, 0.1) is 12.1 Å². The minimum atomic E-state index is 0.588. The highest BCUT2D eigenvalue weighted by Crippen LogP contribution is 2.25. The minimum absolute atomic E-state index is 0.588. The first-order valence-electron chi connectivity index (χ1n) is 4.98. The number of ether oxygens (including phenoxy) is 2. The van der Waals surface area contributed by atoms with Gasteiger partial charge in [0.2, 0.25) is 0 Å². The maximum atomic E-state index is 5.63. The molecule has 15 heavy (non-hydrogen) atoms. The first-order chi connectivity index (χ1) is 7.33. The second kappa shape index (κ2) is 4.36. The Hall–Kier alpha value is -1.48. The van der Waals surface area contributed by atoms with Crippen LogP contribution in [0.25, 0.3) is 10.9 Å². The van der Waals surface area contributed by atoms with Crippen LogP contribution in [0.5, 0.6) is 5.75 Å². The highest BCUT2D eigenvalue weighted by Gasteiger charge is 2.03. The van der Waals surface area contributed by atoms with Gasteiger partial charge in [-0.1, -0.05) is 6.07 Å². The van der Waals surface area contributed by atoms with Gasteiger partial charge < -0.3 is 14.0 Å². The number of rotatable bonds is 4. The molecule has 0 bridgehead atoms. The van der Waals surface area contributed by atoms with Gasteiger partial charge in [0, 0.05) is 25.7 Å². The number of aromatic nitrogens is 1. The molecule has 0 spiro atoms. The van der Waals surface area contributed by atoms with Crippen LogP contribution in [0.2, 0.25) is 0 Å². The van der Waals surface area contributed by atoms with Gasteiger partial charge in [-0.15, -0.1) is 0 Å². The molecule has 0 atom stereocenters. The van der Waals surface area contributed by atoms with E-state index < -0.39 is 0 Å². The normalized spacial score (nSPS) is 10.8. The van der Waals surface area contributed by atoms with Crippen LogP contribution >= 0.6 is 0 Å². The molecule has 0 aliphatic rings. The van der Waals surface area contributed by atoms with Crippen molar-refractivity contribution in [2.45, 2.75) is 0 Å². The maximum absolute atomic E-state index is 5.63. The van der Waals surface area contributed by atoms with Crippen molar-refractivity contribution in [2.75, 3.05) is 20.3 Å². The third-order valence-electron chi connectivity index (χ3n) is 2.43. The van der Waals surface area contributed by atoms with Gasteiger partial charge in [-0.05, 0) is 18.2 Å². The van der Waals surface area contributed by atoms with Crippen LogP contribution in [0.4, 0.5) is 0 Å². The summed E-state index contributed by atoms with van der Waals surface area (Å²) in [6, 6.07) is 8.14. The number of benzene rings is 1. The summed E-state index contributed by atoms with van der Waals surface area (Å²) in [5, 5.41) is 1.15. The molecule has 1 aromatic heterocycles.